The van der Waals surface area contributed by atoms with Crippen molar-refractivity contribution in [3.63, 3.8) is 0 Å². The lowest BCUT2D eigenvalue weighted by Crippen LogP contribution is -2.36. The summed E-state index contributed by atoms with van der Waals surface area (Å²) in [6, 6.07) is 6.96. The second-order valence-corrected chi connectivity index (χ2v) is 4.78. The fourth-order valence-corrected chi connectivity index (χ4v) is 2.01. The molecule has 1 aromatic heterocycles. The number of methoxy groups -OCH3 is 1. The lowest BCUT2D eigenvalue weighted by molar-refractivity contribution is -0.137. The fraction of sp³-hybridized carbons (Fsp3) is 0.333. The lowest BCUT2D eigenvalue weighted by Gasteiger charge is -2.17. The van der Waals surface area contributed by atoms with Crippen molar-refractivity contribution < 1.29 is 24.0 Å². The zero-order valence-corrected chi connectivity index (χ0v) is 12.9. The number of rotatable bonds is 7. The van der Waals surface area contributed by atoms with Crippen molar-refractivity contribution in [2.45, 2.75) is 13.3 Å². The van der Waals surface area contributed by atoms with Crippen LogP contribution in [0, 0.1) is 0 Å². The number of aliphatic carboxylic acids is 1. The number of carbonyl (C=O) groups is 2. The molecule has 2 aromatic rings. The molecule has 0 bridgehead atoms. The van der Waals surface area contributed by atoms with Gasteiger partial charge in [-0.15, -0.1) is 0 Å². The normalized spacial score (nSPS) is 10.3. The molecule has 1 amide bonds. The number of hydrogen-bond acceptors (Lipinski definition) is 6. The zero-order valence-electron chi connectivity index (χ0n) is 12.9. The van der Waals surface area contributed by atoms with Gasteiger partial charge < -0.3 is 19.3 Å². The Morgan fingerprint density at radius 2 is 2.17 bits per heavy atom. The maximum Gasteiger partial charge on any atom is 0.323 e. The molecular weight excluding hydrogens is 302 g/mol. The predicted octanol–water partition coefficient (Wildman–Crippen LogP) is 1.68. The van der Waals surface area contributed by atoms with E-state index in [2.05, 4.69) is 10.1 Å². The van der Waals surface area contributed by atoms with E-state index in [-0.39, 0.29) is 11.7 Å². The Kier molecular flexibility index (Phi) is 5.29. The Bertz CT molecular complexity index is 698. The van der Waals surface area contributed by atoms with E-state index < -0.39 is 18.4 Å². The van der Waals surface area contributed by atoms with Crippen molar-refractivity contribution in [1.29, 1.82) is 0 Å². The van der Waals surface area contributed by atoms with Crippen molar-refractivity contribution in [2.24, 2.45) is 0 Å². The van der Waals surface area contributed by atoms with E-state index in [4.69, 9.17) is 14.4 Å². The molecule has 0 spiro atoms. The average Bonchev–Trinajstić information content (AvgIpc) is 3.03. The third-order valence-corrected chi connectivity index (χ3v) is 3.04. The molecule has 0 radical (unpaired) electrons. The molecule has 0 unspecified atom stereocenters. The van der Waals surface area contributed by atoms with Gasteiger partial charge in [0.2, 0.25) is 0 Å². The molecule has 0 saturated heterocycles. The molecule has 1 N–H and O–H groups in total. The van der Waals surface area contributed by atoms with Gasteiger partial charge in [-0.05, 0) is 24.6 Å². The molecule has 0 saturated carbocycles. The van der Waals surface area contributed by atoms with Gasteiger partial charge >= 0.3 is 5.97 Å². The van der Waals surface area contributed by atoms with Gasteiger partial charge in [0.1, 0.15) is 12.3 Å². The Hall–Kier alpha value is -2.90. The molecule has 8 heteroatoms. The number of hydrogen-bond donors (Lipinski definition) is 1. The lowest BCUT2D eigenvalue weighted by atomic mass is 10.2. The van der Waals surface area contributed by atoms with E-state index in [1.54, 1.807) is 24.3 Å². The number of carboxylic acids is 1. The summed E-state index contributed by atoms with van der Waals surface area (Å²) in [5.74, 6) is -1.06. The van der Waals surface area contributed by atoms with Gasteiger partial charge in [-0.25, -0.2) is 0 Å². The molecule has 0 fully saturated rings. The van der Waals surface area contributed by atoms with E-state index in [0.29, 0.717) is 24.3 Å². The van der Waals surface area contributed by atoms with Crippen LogP contribution in [-0.4, -0.2) is 52.2 Å². The monoisotopic (exact) mass is 319 g/mol. The van der Waals surface area contributed by atoms with Crippen LogP contribution in [0.2, 0.25) is 0 Å². The molecular formula is C15H17N3O5. The van der Waals surface area contributed by atoms with Crippen LogP contribution in [0.25, 0.3) is 11.5 Å². The minimum atomic E-state index is -1.09. The largest absolute Gasteiger partial charge is 0.497 e. The average molecular weight is 319 g/mol. The number of carbonyl (C=O) groups excluding carboxylic acids is 1. The van der Waals surface area contributed by atoms with Crippen LogP contribution in [-0.2, 0) is 4.79 Å². The summed E-state index contributed by atoms with van der Waals surface area (Å²) in [4.78, 5) is 28.4. The zero-order chi connectivity index (χ0) is 16.8. The Morgan fingerprint density at radius 1 is 1.39 bits per heavy atom. The van der Waals surface area contributed by atoms with E-state index in [1.165, 1.54) is 12.0 Å². The topological polar surface area (TPSA) is 106 Å². The maximum atomic E-state index is 12.3. The van der Waals surface area contributed by atoms with E-state index in [9.17, 15) is 9.59 Å². The summed E-state index contributed by atoms with van der Waals surface area (Å²) in [6.45, 7) is 1.74. The van der Waals surface area contributed by atoms with Crippen molar-refractivity contribution in [2.75, 3.05) is 20.2 Å². The fourth-order valence-electron chi connectivity index (χ4n) is 2.01. The number of nitrogens with zero attached hydrogens (tertiary/aromatic N) is 3. The summed E-state index contributed by atoms with van der Waals surface area (Å²) in [5, 5.41) is 12.5. The highest BCUT2D eigenvalue weighted by Crippen LogP contribution is 2.22. The second-order valence-electron chi connectivity index (χ2n) is 4.78. The quantitative estimate of drug-likeness (QED) is 0.827. The first kappa shape index (κ1) is 16.5. The van der Waals surface area contributed by atoms with Crippen molar-refractivity contribution in [3.8, 4) is 17.2 Å². The van der Waals surface area contributed by atoms with Crippen LogP contribution in [0.1, 0.15) is 24.0 Å². The van der Waals surface area contributed by atoms with Gasteiger partial charge in [-0.2, -0.15) is 4.98 Å². The van der Waals surface area contributed by atoms with Gasteiger partial charge in [0, 0.05) is 12.1 Å². The summed E-state index contributed by atoms with van der Waals surface area (Å²) in [5.41, 5.74) is 0.608. The van der Waals surface area contributed by atoms with E-state index in [0.717, 1.165) is 0 Å². The highest BCUT2D eigenvalue weighted by Gasteiger charge is 2.23. The summed E-state index contributed by atoms with van der Waals surface area (Å²) in [6.07, 6.45) is 0.625. The van der Waals surface area contributed by atoms with Gasteiger partial charge in [-0.3, -0.25) is 9.59 Å². The van der Waals surface area contributed by atoms with Crippen LogP contribution in [0.5, 0.6) is 5.75 Å². The van der Waals surface area contributed by atoms with E-state index in [1.807, 2.05) is 6.92 Å². The van der Waals surface area contributed by atoms with E-state index >= 15 is 0 Å². The molecule has 0 aliphatic heterocycles. The SMILES string of the molecule is CCCN(CC(=O)O)C(=O)c1noc(-c2cccc(OC)c2)n1. The molecule has 23 heavy (non-hydrogen) atoms. The Balaban J connectivity index is 2.22. The summed E-state index contributed by atoms with van der Waals surface area (Å²) in [7, 11) is 1.54. The first-order chi connectivity index (χ1) is 11.0. The molecule has 2 rings (SSSR count). The van der Waals surface area contributed by atoms with Crippen molar-refractivity contribution in [3.05, 3.63) is 30.1 Å². The predicted molar refractivity (Wildman–Crippen MR) is 80.1 cm³/mol. The third-order valence-electron chi connectivity index (χ3n) is 3.04. The summed E-state index contributed by atoms with van der Waals surface area (Å²) < 4.78 is 10.2. The molecule has 1 heterocycles. The number of aromatic nitrogens is 2. The summed E-state index contributed by atoms with van der Waals surface area (Å²) >= 11 is 0. The molecule has 0 aliphatic carbocycles. The van der Waals surface area contributed by atoms with Crippen molar-refractivity contribution in [1.82, 2.24) is 15.0 Å². The minimum absolute atomic E-state index is 0.166. The molecule has 0 aliphatic rings. The van der Waals surface area contributed by atoms with Crippen LogP contribution in [0.4, 0.5) is 0 Å². The van der Waals surface area contributed by atoms with Gasteiger partial charge in [0.25, 0.3) is 17.6 Å². The molecule has 122 valence electrons. The standard InChI is InChI=1S/C15H17N3O5/c1-3-7-18(9-12(19)20)15(21)13-16-14(23-17-13)10-5-4-6-11(8-10)22-2/h4-6,8H,3,7,9H2,1-2H3,(H,19,20). The molecule has 8 nitrogen and oxygen atoms in total. The van der Waals surface area contributed by atoms with Crippen LogP contribution in [0.3, 0.4) is 0 Å². The van der Waals surface area contributed by atoms with Crippen LogP contribution >= 0.6 is 0 Å². The second kappa shape index (κ2) is 7.39. The number of benzene rings is 1. The molecule has 0 atom stereocenters. The van der Waals surface area contributed by atoms with Gasteiger partial charge in [0.05, 0.1) is 7.11 Å². The first-order valence-electron chi connectivity index (χ1n) is 7.04. The highest BCUT2D eigenvalue weighted by atomic mass is 16.5. The van der Waals surface area contributed by atoms with Gasteiger partial charge in [-0.1, -0.05) is 18.1 Å². The van der Waals surface area contributed by atoms with Crippen LogP contribution < -0.4 is 4.74 Å². The van der Waals surface area contributed by atoms with Crippen molar-refractivity contribution >= 4 is 11.9 Å². The van der Waals surface area contributed by atoms with Crippen LogP contribution in [0.15, 0.2) is 28.8 Å². The first-order valence-corrected chi connectivity index (χ1v) is 7.04. The Morgan fingerprint density at radius 3 is 2.83 bits per heavy atom. The Labute approximate surface area is 132 Å². The van der Waals surface area contributed by atoms with Gasteiger partial charge in [0.15, 0.2) is 0 Å². The smallest absolute Gasteiger partial charge is 0.323 e. The minimum Gasteiger partial charge on any atom is -0.497 e. The maximum absolute atomic E-state index is 12.3. The third kappa shape index (κ3) is 4.06. The number of ether oxygens (including phenoxy) is 1. The highest BCUT2D eigenvalue weighted by molar-refractivity contribution is 5.92. The number of carboxylic acid groups (broad SMARTS) is 1. The number of amides is 1. The molecule has 1 aromatic carbocycles.